The van der Waals surface area contributed by atoms with Crippen LogP contribution in [-0.4, -0.2) is 22.4 Å². The third-order valence-corrected chi connectivity index (χ3v) is 4.63. The molecule has 0 radical (unpaired) electrons. The van der Waals surface area contributed by atoms with Crippen molar-refractivity contribution in [3.63, 3.8) is 0 Å². The lowest BCUT2D eigenvalue weighted by atomic mass is 9.98. The second-order valence-electron chi connectivity index (χ2n) is 7.22. The Hall–Kier alpha value is -1.91. The van der Waals surface area contributed by atoms with Crippen LogP contribution in [0.4, 0.5) is 5.69 Å². The Kier molecular flexibility index (Phi) is 5.40. The van der Waals surface area contributed by atoms with Gasteiger partial charge in [0.1, 0.15) is 11.8 Å². The minimum Gasteiger partial charge on any atom is -0.389 e. The number of aliphatic hydroxyl groups is 1. The monoisotopic (exact) mass is 340 g/mol. The average molecular weight is 340 g/mol. The van der Waals surface area contributed by atoms with E-state index in [2.05, 4.69) is 24.4 Å². The summed E-state index contributed by atoms with van der Waals surface area (Å²) in [6, 6.07) is 10.2. The van der Waals surface area contributed by atoms with Crippen molar-refractivity contribution < 1.29 is 9.84 Å². The number of aromatic nitrogens is 1. The topological polar surface area (TPSA) is 54.4 Å². The van der Waals surface area contributed by atoms with Gasteiger partial charge in [-0.05, 0) is 38.5 Å². The van der Waals surface area contributed by atoms with Crippen LogP contribution in [0.1, 0.15) is 52.1 Å². The number of hydrogen-bond acceptors (Lipinski definition) is 4. The van der Waals surface area contributed by atoms with Gasteiger partial charge in [-0.3, -0.25) is 0 Å². The van der Waals surface area contributed by atoms with E-state index in [1.807, 2.05) is 44.2 Å². The summed E-state index contributed by atoms with van der Waals surface area (Å²) in [5.41, 5.74) is 2.39. The summed E-state index contributed by atoms with van der Waals surface area (Å²) in [6.07, 6.45) is 7.22. The molecule has 0 aliphatic carbocycles. The third-order valence-electron chi connectivity index (χ3n) is 4.63. The quantitative estimate of drug-likeness (QED) is 0.589. The van der Waals surface area contributed by atoms with E-state index in [-0.39, 0.29) is 6.23 Å². The molecule has 0 fully saturated rings. The van der Waals surface area contributed by atoms with Crippen LogP contribution in [0.5, 0.6) is 0 Å². The van der Waals surface area contributed by atoms with E-state index in [4.69, 9.17) is 9.72 Å². The summed E-state index contributed by atoms with van der Waals surface area (Å²) in [5.74, 6) is 0. The standard InChI is InChI=1S/C21H28N2O2/c1-4-5-6-10-16(24)12-13-19-22-18-14-15-9-7-8-11-17(15)23-20(18)21(2,3)25-19/h7-9,11-14,16,19,22,24H,4-6,10H2,1-3H3/b13-12+. The molecule has 4 nitrogen and oxygen atoms in total. The fraction of sp³-hybridized carbons (Fsp3) is 0.476. The Morgan fingerprint density at radius 3 is 2.92 bits per heavy atom. The molecule has 2 aromatic rings. The second kappa shape index (κ2) is 7.54. The first-order valence-electron chi connectivity index (χ1n) is 9.20. The molecule has 25 heavy (non-hydrogen) atoms. The molecule has 1 aromatic heterocycles. The molecule has 3 rings (SSSR count). The van der Waals surface area contributed by atoms with Gasteiger partial charge >= 0.3 is 0 Å². The maximum absolute atomic E-state index is 10.1. The molecular weight excluding hydrogens is 312 g/mol. The second-order valence-corrected chi connectivity index (χ2v) is 7.22. The van der Waals surface area contributed by atoms with Gasteiger partial charge in [0.15, 0.2) is 0 Å². The molecule has 0 amide bonds. The van der Waals surface area contributed by atoms with Crippen molar-refractivity contribution in [3.05, 3.63) is 48.2 Å². The number of fused-ring (bicyclic) bond motifs is 2. The van der Waals surface area contributed by atoms with Crippen LogP contribution in [0.2, 0.25) is 0 Å². The van der Waals surface area contributed by atoms with E-state index < -0.39 is 11.7 Å². The van der Waals surface area contributed by atoms with Gasteiger partial charge in [-0.2, -0.15) is 0 Å². The molecule has 2 N–H and O–H groups in total. The molecule has 0 saturated carbocycles. The van der Waals surface area contributed by atoms with Crippen molar-refractivity contribution >= 4 is 16.6 Å². The molecule has 1 aliphatic rings. The van der Waals surface area contributed by atoms with Crippen LogP contribution in [0.25, 0.3) is 10.9 Å². The number of nitrogens with zero attached hydrogens (tertiary/aromatic N) is 1. The Balaban J connectivity index is 1.77. The zero-order valence-electron chi connectivity index (χ0n) is 15.3. The molecule has 1 aromatic carbocycles. The summed E-state index contributed by atoms with van der Waals surface area (Å²) >= 11 is 0. The van der Waals surface area contributed by atoms with Crippen LogP contribution in [0, 0.1) is 0 Å². The third kappa shape index (κ3) is 4.20. The van der Waals surface area contributed by atoms with Crippen molar-refractivity contribution in [2.24, 2.45) is 0 Å². The highest BCUT2D eigenvalue weighted by Crippen LogP contribution is 2.37. The lowest BCUT2D eigenvalue weighted by molar-refractivity contribution is -0.0545. The molecule has 2 atom stereocenters. The minimum absolute atomic E-state index is 0.272. The van der Waals surface area contributed by atoms with Crippen LogP contribution in [-0.2, 0) is 10.3 Å². The number of nitrogens with one attached hydrogen (secondary N) is 1. The highest BCUT2D eigenvalue weighted by Gasteiger charge is 2.34. The van der Waals surface area contributed by atoms with E-state index in [1.54, 1.807) is 0 Å². The highest BCUT2D eigenvalue weighted by molar-refractivity contribution is 5.83. The minimum atomic E-state index is -0.493. The smallest absolute Gasteiger partial charge is 0.148 e. The van der Waals surface area contributed by atoms with Crippen molar-refractivity contribution in [1.82, 2.24) is 4.98 Å². The number of anilines is 1. The largest absolute Gasteiger partial charge is 0.389 e. The Bertz CT molecular complexity index is 755. The number of para-hydroxylation sites is 1. The summed E-state index contributed by atoms with van der Waals surface area (Å²) in [7, 11) is 0. The predicted molar refractivity (Wildman–Crippen MR) is 103 cm³/mol. The summed E-state index contributed by atoms with van der Waals surface area (Å²) in [6.45, 7) is 6.24. The van der Waals surface area contributed by atoms with Crippen LogP contribution in [0.3, 0.4) is 0 Å². The SMILES string of the molecule is CCCCCC(O)/C=C/C1Nc2cc3ccccc3nc2C(C)(C)O1. The van der Waals surface area contributed by atoms with Crippen molar-refractivity contribution in [3.8, 4) is 0 Å². The van der Waals surface area contributed by atoms with E-state index in [1.165, 1.54) is 0 Å². The lowest BCUT2D eigenvalue weighted by Crippen LogP contribution is -2.39. The van der Waals surface area contributed by atoms with Gasteiger partial charge in [0.05, 0.1) is 23.0 Å². The number of benzene rings is 1. The summed E-state index contributed by atoms with van der Waals surface area (Å²) < 4.78 is 6.15. The van der Waals surface area contributed by atoms with Crippen LogP contribution in [0.15, 0.2) is 42.5 Å². The van der Waals surface area contributed by atoms with Crippen molar-refractivity contribution in [2.75, 3.05) is 5.32 Å². The first-order chi connectivity index (χ1) is 12.0. The maximum atomic E-state index is 10.1. The number of ether oxygens (including phenoxy) is 1. The maximum Gasteiger partial charge on any atom is 0.148 e. The van der Waals surface area contributed by atoms with E-state index in [0.29, 0.717) is 0 Å². The van der Waals surface area contributed by atoms with Gasteiger partial charge in [0.2, 0.25) is 0 Å². The van der Waals surface area contributed by atoms with Gasteiger partial charge in [-0.15, -0.1) is 0 Å². The molecule has 1 aliphatic heterocycles. The van der Waals surface area contributed by atoms with Crippen molar-refractivity contribution in [2.45, 2.75) is 64.4 Å². The fourth-order valence-corrected chi connectivity index (χ4v) is 3.26. The fourth-order valence-electron chi connectivity index (χ4n) is 3.26. The first kappa shape index (κ1) is 17.9. The number of pyridine rings is 1. The average Bonchev–Trinajstić information content (AvgIpc) is 2.58. The predicted octanol–water partition coefficient (Wildman–Crippen LogP) is 4.74. The molecular formula is C21H28N2O2. The van der Waals surface area contributed by atoms with E-state index in [9.17, 15) is 5.11 Å². The number of rotatable bonds is 6. The number of unbranched alkanes of at least 4 members (excludes halogenated alkanes) is 2. The highest BCUT2D eigenvalue weighted by atomic mass is 16.5. The van der Waals surface area contributed by atoms with Gasteiger partial charge in [-0.25, -0.2) is 4.98 Å². The van der Waals surface area contributed by atoms with Crippen LogP contribution >= 0.6 is 0 Å². The molecule has 0 saturated heterocycles. The number of hydrogen-bond donors (Lipinski definition) is 2. The zero-order valence-corrected chi connectivity index (χ0v) is 15.3. The van der Waals surface area contributed by atoms with Gasteiger partial charge in [0.25, 0.3) is 0 Å². The first-order valence-corrected chi connectivity index (χ1v) is 9.20. The normalized spacial score (nSPS) is 20.4. The lowest BCUT2D eigenvalue weighted by Gasteiger charge is -2.37. The Morgan fingerprint density at radius 2 is 2.12 bits per heavy atom. The van der Waals surface area contributed by atoms with E-state index in [0.717, 1.165) is 48.0 Å². The molecule has 0 bridgehead atoms. The van der Waals surface area contributed by atoms with Gasteiger partial charge in [0, 0.05) is 5.39 Å². The molecule has 4 heteroatoms. The number of aliphatic hydroxyl groups excluding tert-OH is 1. The van der Waals surface area contributed by atoms with Crippen molar-refractivity contribution in [1.29, 1.82) is 0 Å². The Labute approximate surface area is 149 Å². The Morgan fingerprint density at radius 1 is 1.32 bits per heavy atom. The molecule has 2 heterocycles. The molecule has 2 unspecified atom stereocenters. The van der Waals surface area contributed by atoms with Gasteiger partial charge < -0.3 is 15.2 Å². The summed E-state index contributed by atoms with van der Waals surface area (Å²) in [5, 5.41) is 14.6. The molecule has 0 spiro atoms. The summed E-state index contributed by atoms with van der Waals surface area (Å²) in [4.78, 5) is 4.79. The zero-order chi connectivity index (χ0) is 17.9. The van der Waals surface area contributed by atoms with Gasteiger partial charge in [-0.1, -0.05) is 50.5 Å². The van der Waals surface area contributed by atoms with E-state index >= 15 is 0 Å². The molecule has 134 valence electrons. The van der Waals surface area contributed by atoms with Crippen LogP contribution < -0.4 is 5.32 Å².